The van der Waals surface area contributed by atoms with Gasteiger partial charge in [-0.1, -0.05) is 32.5 Å². The molecule has 0 aliphatic carbocycles. The van der Waals surface area contributed by atoms with Crippen molar-refractivity contribution in [3.63, 3.8) is 0 Å². The molecule has 0 saturated carbocycles. The number of hydrogen-bond donors (Lipinski definition) is 1. The van der Waals surface area contributed by atoms with Crippen molar-refractivity contribution in [2.75, 3.05) is 0 Å². The van der Waals surface area contributed by atoms with Crippen molar-refractivity contribution in [1.82, 2.24) is 5.32 Å². The van der Waals surface area contributed by atoms with Crippen LogP contribution in [0.4, 0.5) is 8.78 Å². The summed E-state index contributed by atoms with van der Waals surface area (Å²) in [5, 5.41) is 3.46. The van der Waals surface area contributed by atoms with Crippen LogP contribution in [0.15, 0.2) is 16.5 Å². The van der Waals surface area contributed by atoms with Crippen LogP contribution in [0.3, 0.4) is 0 Å². The first-order valence-electron chi connectivity index (χ1n) is 6.80. The Hall–Kier alpha value is -0.550. The maximum atomic E-state index is 12.1. The van der Waals surface area contributed by atoms with Gasteiger partial charge in [-0.2, -0.15) is 8.78 Å². The number of thioether (sulfide) groups is 1. The fourth-order valence-corrected chi connectivity index (χ4v) is 2.90. The van der Waals surface area contributed by atoms with Gasteiger partial charge in [-0.05, 0) is 37.8 Å². The van der Waals surface area contributed by atoms with E-state index in [1.807, 2.05) is 6.07 Å². The molecule has 0 aromatic carbocycles. The number of nitrogens with one attached hydrogen (secondary N) is 1. The molecule has 116 valence electrons. The molecule has 0 radical (unpaired) electrons. The Morgan fingerprint density at radius 3 is 2.30 bits per heavy atom. The molecular formula is C15H25F2NOS. The molecule has 1 aromatic heterocycles. The minimum absolute atomic E-state index is 0.00290. The van der Waals surface area contributed by atoms with E-state index in [4.69, 9.17) is 4.42 Å². The third kappa shape index (κ3) is 7.29. The first-order chi connectivity index (χ1) is 9.07. The Kier molecular flexibility index (Phi) is 6.07. The van der Waals surface area contributed by atoms with Gasteiger partial charge >= 0.3 is 0 Å². The Bertz CT molecular complexity index is 410. The maximum Gasteiger partial charge on any atom is 0.284 e. The Morgan fingerprint density at radius 1 is 1.15 bits per heavy atom. The molecule has 20 heavy (non-hydrogen) atoms. The van der Waals surface area contributed by atoms with Gasteiger partial charge in [0, 0.05) is 5.54 Å². The lowest BCUT2D eigenvalue weighted by Gasteiger charge is -2.33. The molecule has 0 atom stereocenters. The summed E-state index contributed by atoms with van der Waals surface area (Å²) in [4.78, 5) is 0. The van der Waals surface area contributed by atoms with Crippen LogP contribution in [-0.4, -0.2) is 11.3 Å². The van der Waals surface area contributed by atoms with E-state index in [0.717, 1.165) is 12.2 Å². The topological polar surface area (TPSA) is 25.2 Å². The predicted molar refractivity (Wildman–Crippen MR) is 81.0 cm³/mol. The zero-order chi connectivity index (χ0) is 15.4. The van der Waals surface area contributed by atoms with Crippen molar-refractivity contribution in [3.05, 3.63) is 23.7 Å². The number of furan rings is 1. The van der Waals surface area contributed by atoms with Crippen molar-refractivity contribution in [3.8, 4) is 0 Å². The van der Waals surface area contributed by atoms with Crippen molar-refractivity contribution in [2.24, 2.45) is 5.41 Å². The van der Waals surface area contributed by atoms with E-state index in [0.29, 0.717) is 24.1 Å². The van der Waals surface area contributed by atoms with Crippen LogP contribution in [0.2, 0.25) is 0 Å². The Labute approximate surface area is 124 Å². The summed E-state index contributed by atoms with van der Waals surface area (Å²) in [6.45, 7) is 11.6. The molecule has 0 fully saturated rings. The second kappa shape index (κ2) is 6.94. The van der Waals surface area contributed by atoms with E-state index in [2.05, 4.69) is 39.9 Å². The molecule has 1 aromatic rings. The highest BCUT2D eigenvalue weighted by atomic mass is 32.2. The minimum Gasteiger partial charge on any atom is -0.464 e. The van der Waals surface area contributed by atoms with E-state index in [-0.39, 0.29) is 16.7 Å². The monoisotopic (exact) mass is 305 g/mol. The van der Waals surface area contributed by atoms with Gasteiger partial charge in [-0.15, -0.1) is 0 Å². The van der Waals surface area contributed by atoms with E-state index < -0.39 is 5.76 Å². The highest BCUT2D eigenvalue weighted by molar-refractivity contribution is 7.98. The van der Waals surface area contributed by atoms with Gasteiger partial charge in [0.1, 0.15) is 11.5 Å². The molecule has 0 saturated heterocycles. The molecule has 1 heterocycles. The van der Waals surface area contributed by atoms with Gasteiger partial charge in [-0.3, -0.25) is 0 Å². The van der Waals surface area contributed by atoms with Gasteiger partial charge in [-0.25, -0.2) is 0 Å². The smallest absolute Gasteiger partial charge is 0.284 e. The number of hydrogen-bond acceptors (Lipinski definition) is 3. The molecule has 0 spiro atoms. The number of halogens is 2. The first-order valence-corrected chi connectivity index (χ1v) is 7.85. The van der Waals surface area contributed by atoms with Gasteiger partial charge in [0.15, 0.2) is 0 Å². The highest BCUT2D eigenvalue weighted by Gasteiger charge is 2.25. The summed E-state index contributed by atoms with van der Waals surface area (Å²) < 4.78 is 29.7. The standard InChI is InChI=1S/C15H25F2NOS/c1-14(2,3)10-15(4,5)18-8-11-6-7-12(19-11)9-20-13(16)17/h6-7,13,18H,8-10H2,1-5H3. The quantitative estimate of drug-likeness (QED) is 0.764. The van der Waals surface area contributed by atoms with E-state index >= 15 is 0 Å². The number of alkyl halides is 2. The molecule has 0 unspecified atom stereocenters. The summed E-state index contributed by atoms with van der Waals surface area (Å²) in [6.07, 6.45) is 1.04. The largest absolute Gasteiger partial charge is 0.464 e. The van der Waals surface area contributed by atoms with Crippen molar-refractivity contribution in [2.45, 2.75) is 64.6 Å². The Balaban J connectivity index is 2.45. The average Bonchev–Trinajstić information content (AvgIpc) is 2.68. The third-order valence-electron chi connectivity index (χ3n) is 2.78. The van der Waals surface area contributed by atoms with Crippen molar-refractivity contribution < 1.29 is 13.2 Å². The second-order valence-electron chi connectivity index (χ2n) is 6.91. The second-order valence-corrected chi connectivity index (χ2v) is 7.89. The summed E-state index contributed by atoms with van der Waals surface area (Å²) >= 11 is 0.582. The molecule has 5 heteroatoms. The molecule has 0 aliphatic heterocycles. The SMILES string of the molecule is CC(C)(C)CC(C)(C)NCc1ccc(CSC(F)F)o1. The third-order valence-corrected chi connectivity index (χ3v) is 3.49. The predicted octanol–water partition coefficient (Wildman–Crippen LogP) is 5.04. The Morgan fingerprint density at radius 2 is 1.75 bits per heavy atom. The zero-order valence-corrected chi connectivity index (χ0v) is 13.7. The average molecular weight is 305 g/mol. The molecule has 1 N–H and O–H groups in total. The van der Waals surface area contributed by atoms with Crippen LogP contribution < -0.4 is 5.32 Å². The fourth-order valence-electron chi connectivity index (χ4n) is 2.45. The lowest BCUT2D eigenvalue weighted by molar-refractivity contribution is 0.235. The lowest BCUT2D eigenvalue weighted by Crippen LogP contribution is -2.41. The van der Waals surface area contributed by atoms with E-state index in [1.165, 1.54) is 0 Å². The lowest BCUT2D eigenvalue weighted by atomic mass is 9.82. The molecule has 0 aliphatic rings. The molecule has 1 rings (SSSR count). The van der Waals surface area contributed by atoms with Crippen LogP contribution in [-0.2, 0) is 12.3 Å². The number of rotatable bonds is 7. The summed E-state index contributed by atoms with van der Waals surface area (Å²) in [5.41, 5.74) is 0.252. The van der Waals surface area contributed by atoms with E-state index in [1.54, 1.807) is 6.07 Å². The molecule has 2 nitrogen and oxygen atoms in total. The highest BCUT2D eigenvalue weighted by Crippen LogP contribution is 2.27. The van der Waals surface area contributed by atoms with Crippen molar-refractivity contribution >= 4 is 11.8 Å². The van der Waals surface area contributed by atoms with Crippen LogP contribution >= 0.6 is 11.8 Å². The summed E-state index contributed by atoms with van der Waals surface area (Å²) in [5.74, 6) is -0.756. The zero-order valence-electron chi connectivity index (χ0n) is 12.9. The van der Waals surface area contributed by atoms with Crippen LogP contribution in [0, 0.1) is 5.41 Å². The van der Waals surface area contributed by atoms with Gasteiger partial charge < -0.3 is 9.73 Å². The minimum atomic E-state index is -2.35. The van der Waals surface area contributed by atoms with Gasteiger partial charge in [0.2, 0.25) is 0 Å². The van der Waals surface area contributed by atoms with Gasteiger partial charge in [0.05, 0.1) is 12.3 Å². The first kappa shape index (κ1) is 17.5. The van der Waals surface area contributed by atoms with Crippen LogP contribution in [0.5, 0.6) is 0 Å². The fraction of sp³-hybridized carbons (Fsp3) is 0.733. The summed E-state index contributed by atoms with van der Waals surface area (Å²) in [6, 6.07) is 3.62. The normalized spacial score (nSPS) is 13.2. The van der Waals surface area contributed by atoms with Crippen LogP contribution in [0.1, 0.15) is 52.6 Å². The van der Waals surface area contributed by atoms with Crippen molar-refractivity contribution in [1.29, 1.82) is 0 Å². The summed E-state index contributed by atoms with van der Waals surface area (Å²) in [7, 11) is 0. The van der Waals surface area contributed by atoms with Crippen LogP contribution in [0.25, 0.3) is 0 Å². The molecule has 0 bridgehead atoms. The van der Waals surface area contributed by atoms with E-state index in [9.17, 15) is 8.78 Å². The molecular weight excluding hydrogens is 280 g/mol. The molecule has 0 amide bonds. The maximum absolute atomic E-state index is 12.1. The van der Waals surface area contributed by atoms with Gasteiger partial charge in [0.25, 0.3) is 5.76 Å².